The lowest BCUT2D eigenvalue weighted by Crippen LogP contribution is -2.34. The van der Waals surface area contributed by atoms with E-state index in [9.17, 15) is 38.6 Å². The SMILES string of the molecule is Nc1ncnc2c1ncn2[C@@H]1O[C@H](COP(=O)([O-])OP(=O)([O-])OP(=O)([O-])SC2CCCCC2)[C@H](O)C1O. The zero-order chi connectivity index (χ0) is 27.0. The van der Waals surface area contributed by atoms with E-state index in [1.54, 1.807) is 0 Å². The Bertz CT molecular complexity index is 1260. The largest absolute Gasteiger partial charge is 0.770 e. The van der Waals surface area contributed by atoms with Gasteiger partial charge in [0.25, 0.3) is 15.6 Å². The van der Waals surface area contributed by atoms with Crippen molar-refractivity contribution in [3.05, 3.63) is 12.7 Å². The number of anilines is 1. The molecule has 4 unspecified atom stereocenters. The summed E-state index contributed by atoms with van der Waals surface area (Å²) in [5.74, 6) is 0.0464. The van der Waals surface area contributed by atoms with Gasteiger partial charge in [-0.2, -0.15) is 0 Å². The van der Waals surface area contributed by atoms with E-state index < -0.39 is 53.6 Å². The van der Waals surface area contributed by atoms with Crippen LogP contribution in [0.1, 0.15) is 38.3 Å². The molecule has 37 heavy (non-hydrogen) atoms. The lowest BCUT2D eigenvalue weighted by molar-refractivity contribution is -0.245. The number of imidazole rings is 1. The Labute approximate surface area is 213 Å². The molecule has 17 nitrogen and oxygen atoms in total. The molecule has 4 N–H and O–H groups in total. The fourth-order valence-corrected chi connectivity index (χ4v) is 10.7. The van der Waals surface area contributed by atoms with Gasteiger partial charge in [-0.1, -0.05) is 30.6 Å². The first-order valence-electron chi connectivity index (χ1n) is 10.9. The van der Waals surface area contributed by atoms with Crippen molar-refractivity contribution in [2.75, 3.05) is 12.3 Å². The van der Waals surface area contributed by atoms with Crippen LogP contribution in [0, 0.1) is 0 Å². The summed E-state index contributed by atoms with van der Waals surface area (Å²) in [6.45, 7) is -6.06. The number of aromatic nitrogens is 4. The molecule has 2 aromatic heterocycles. The second kappa shape index (κ2) is 11.3. The maximum absolute atomic E-state index is 12.1. The molecule has 0 aromatic carbocycles. The van der Waals surface area contributed by atoms with Gasteiger partial charge in [0, 0.05) is 5.25 Å². The number of nitrogens with zero attached hydrogens (tertiary/aromatic N) is 4. The zero-order valence-corrected chi connectivity index (χ0v) is 22.4. The molecular weight excluding hydrogens is 579 g/mol. The van der Waals surface area contributed by atoms with Crippen molar-refractivity contribution in [1.82, 2.24) is 19.5 Å². The van der Waals surface area contributed by atoms with Crippen molar-refractivity contribution in [3.63, 3.8) is 0 Å². The first kappa shape index (κ1) is 29.0. The number of fused-ring (bicyclic) bond motifs is 1. The van der Waals surface area contributed by atoms with Crippen LogP contribution >= 0.6 is 33.8 Å². The highest BCUT2D eigenvalue weighted by atomic mass is 32.7. The highest BCUT2D eigenvalue weighted by molar-refractivity contribution is 8.55. The third-order valence-corrected chi connectivity index (χ3v) is 12.6. The summed E-state index contributed by atoms with van der Waals surface area (Å²) in [6, 6.07) is 0. The lowest BCUT2D eigenvalue weighted by Gasteiger charge is -2.36. The number of nitrogens with two attached hydrogens (primary N) is 1. The van der Waals surface area contributed by atoms with Crippen LogP contribution in [0.15, 0.2) is 12.7 Å². The van der Waals surface area contributed by atoms with Gasteiger partial charge < -0.3 is 39.9 Å². The highest BCUT2D eigenvalue weighted by Crippen LogP contribution is 2.68. The monoisotopic (exact) mass is 602 g/mol. The molecule has 2 aromatic rings. The molecule has 0 radical (unpaired) electrons. The Morgan fingerprint density at radius 3 is 2.46 bits per heavy atom. The van der Waals surface area contributed by atoms with Gasteiger partial charge in [0.2, 0.25) is 0 Å². The fraction of sp³-hybridized carbons (Fsp3) is 0.688. The van der Waals surface area contributed by atoms with Crippen LogP contribution in [0.25, 0.3) is 11.2 Å². The molecule has 1 aliphatic heterocycles. The van der Waals surface area contributed by atoms with Crippen molar-refractivity contribution in [2.45, 2.75) is 61.9 Å². The molecule has 2 fully saturated rings. The number of phosphoric ester groups is 1. The van der Waals surface area contributed by atoms with Crippen molar-refractivity contribution < 1.29 is 56.5 Å². The number of nitrogen functional groups attached to an aromatic ring is 1. The molecule has 0 spiro atoms. The minimum absolute atomic E-state index is 0.0464. The Morgan fingerprint density at radius 2 is 1.76 bits per heavy atom. The number of aliphatic hydroxyl groups excluding tert-OH is 2. The van der Waals surface area contributed by atoms with Crippen LogP contribution in [-0.2, 0) is 31.6 Å². The Kier molecular flexibility index (Phi) is 8.83. The van der Waals surface area contributed by atoms with Crippen LogP contribution in [0.2, 0.25) is 0 Å². The van der Waals surface area contributed by atoms with E-state index in [1.807, 2.05) is 0 Å². The fourth-order valence-electron chi connectivity index (χ4n) is 3.97. The van der Waals surface area contributed by atoms with E-state index >= 15 is 0 Å². The summed E-state index contributed by atoms with van der Waals surface area (Å²) in [7, 11) is -11.6. The Balaban J connectivity index is 1.35. The van der Waals surface area contributed by atoms with Crippen molar-refractivity contribution in [1.29, 1.82) is 0 Å². The van der Waals surface area contributed by atoms with Gasteiger partial charge in [0.15, 0.2) is 24.5 Å². The van der Waals surface area contributed by atoms with E-state index in [0.717, 1.165) is 25.6 Å². The van der Waals surface area contributed by atoms with Gasteiger partial charge in [-0.15, -0.1) is 0 Å². The summed E-state index contributed by atoms with van der Waals surface area (Å²) in [5, 5.41) is 20.3. The van der Waals surface area contributed by atoms with Crippen molar-refractivity contribution in [2.24, 2.45) is 0 Å². The molecular formula is C16H23N5O12P3S-3. The summed E-state index contributed by atoms with van der Waals surface area (Å²) < 4.78 is 55.2. The number of ether oxygens (including phenoxy) is 1. The average Bonchev–Trinajstić information content (AvgIpc) is 3.33. The summed E-state index contributed by atoms with van der Waals surface area (Å²) in [6.07, 6.45) is -0.174. The second-order valence-corrected chi connectivity index (χ2v) is 15.4. The van der Waals surface area contributed by atoms with E-state index in [-0.39, 0.29) is 22.2 Å². The third kappa shape index (κ3) is 7.17. The molecule has 208 valence electrons. The summed E-state index contributed by atoms with van der Waals surface area (Å²) in [5.41, 5.74) is 6.05. The maximum atomic E-state index is 12.1. The predicted octanol–water partition coefficient (Wildman–Crippen LogP) is -0.451. The quantitative estimate of drug-likeness (QED) is 0.290. The molecule has 4 rings (SSSR count). The summed E-state index contributed by atoms with van der Waals surface area (Å²) >= 11 is 0.298. The first-order chi connectivity index (χ1) is 17.3. The van der Waals surface area contributed by atoms with Crippen LogP contribution in [0.4, 0.5) is 5.82 Å². The highest BCUT2D eigenvalue weighted by Gasteiger charge is 2.45. The van der Waals surface area contributed by atoms with Gasteiger partial charge in [-0.05, 0) is 12.8 Å². The molecule has 3 heterocycles. The maximum Gasteiger partial charge on any atom is 0.279 e. The van der Waals surface area contributed by atoms with Gasteiger partial charge >= 0.3 is 0 Å². The second-order valence-electron chi connectivity index (χ2n) is 8.30. The lowest BCUT2D eigenvalue weighted by atomic mass is 10.0. The van der Waals surface area contributed by atoms with Gasteiger partial charge in [0.1, 0.15) is 30.2 Å². The third-order valence-electron chi connectivity index (χ3n) is 5.63. The smallest absolute Gasteiger partial charge is 0.279 e. The topological polar surface area (TPSA) is 267 Å². The van der Waals surface area contributed by atoms with E-state index in [2.05, 4.69) is 28.1 Å². The molecule has 0 bridgehead atoms. The number of hydrogen-bond donors (Lipinski definition) is 3. The standard InChI is InChI=1S/C16H26N5O12P3S/c17-14-11-15(19-7-18-14)21(8-20-11)16-13(23)12(22)10(31-16)6-30-34(24,25)32-35(26,27)33-36(28,29)37-9-4-2-1-3-5-9/h7-10,12-13,16,22-23H,1-6H2,(H,24,25)(H,26,27)(H,28,29)(H2,17,18,19)/p-3/t10-,12+,13?,16-/m1/s1. The molecule has 1 saturated heterocycles. The van der Waals surface area contributed by atoms with Gasteiger partial charge in [0.05, 0.1) is 12.9 Å². The minimum Gasteiger partial charge on any atom is -0.770 e. The van der Waals surface area contributed by atoms with Crippen LogP contribution in [0.3, 0.4) is 0 Å². The van der Waals surface area contributed by atoms with Gasteiger partial charge in [-0.3, -0.25) is 22.6 Å². The number of phosphoric acid groups is 2. The minimum atomic E-state index is -5.91. The normalized spacial score (nSPS) is 30.1. The van der Waals surface area contributed by atoms with E-state index in [1.165, 1.54) is 10.9 Å². The Morgan fingerprint density at radius 1 is 1.05 bits per heavy atom. The number of hydrogen-bond acceptors (Lipinski definition) is 17. The van der Waals surface area contributed by atoms with Crippen LogP contribution in [0.5, 0.6) is 0 Å². The van der Waals surface area contributed by atoms with Crippen LogP contribution in [-0.4, -0.2) is 59.9 Å². The number of rotatable bonds is 10. The molecule has 1 saturated carbocycles. The van der Waals surface area contributed by atoms with Gasteiger partial charge in [-0.25, -0.2) is 19.3 Å². The molecule has 0 amide bonds. The zero-order valence-electron chi connectivity index (χ0n) is 18.9. The molecule has 1 aliphatic carbocycles. The molecule has 2 aliphatic rings. The van der Waals surface area contributed by atoms with Crippen molar-refractivity contribution in [3.8, 4) is 0 Å². The van der Waals surface area contributed by atoms with Crippen LogP contribution < -0.4 is 20.4 Å². The predicted molar refractivity (Wildman–Crippen MR) is 121 cm³/mol. The summed E-state index contributed by atoms with van der Waals surface area (Å²) in [4.78, 5) is 47.9. The first-order valence-corrected chi connectivity index (χ1v) is 16.9. The van der Waals surface area contributed by atoms with E-state index in [4.69, 9.17) is 10.5 Å². The molecule has 21 heteroatoms. The number of aliphatic hydroxyl groups is 2. The van der Waals surface area contributed by atoms with E-state index in [0.29, 0.717) is 24.2 Å². The van der Waals surface area contributed by atoms with Crippen molar-refractivity contribution >= 4 is 50.8 Å². The average molecular weight is 602 g/mol. The Hall–Kier alpha value is -0.970. The molecule has 7 atom stereocenters.